The predicted octanol–water partition coefficient (Wildman–Crippen LogP) is 2.07. The molecule has 1 atom stereocenters. The molecule has 1 aliphatic rings. The van der Waals surface area contributed by atoms with Crippen molar-refractivity contribution >= 4 is 0 Å². The monoisotopic (exact) mass is 278 g/mol. The molecule has 0 saturated carbocycles. The van der Waals surface area contributed by atoms with Gasteiger partial charge < -0.3 is 14.8 Å². The van der Waals surface area contributed by atoms with Gasteiger partial charge in [0.15, 0.2) is 0 Å². The fraction of sp³-hybridized carbons (Fsp3) is 0.625. The molecule has 1 heterocycles. The van der Waals surface area contributed by atoms with Gasteiger partial charge in [-0.2, -0.15) is 0 Å². The van der Waals surface area contributed by atoms with Gasteiger partial charge in [-0.05, 0) is 38.6 Å². The van der Waals surface area contributed by atoms with Crippen molar-refractivity contribution in [2.24, 2.45) is 0 Å². The highest BCUT2D eigenvalue weighted by Crippen LogP contribution is 2.32. The summed E-state index contributed by atoms with van der Waals surface area (Å²) in [5.41, 5.74) is 1.32. The van der Waals surface area contributed by atoms with E-state index in [1.165, 1.54) is 5.56 Å². The molecular formula is C16H26N2O2. The first-order chi connectivity index (χ1) is 9.59. The highest BCUT2D eigenvalue weighted by Gasteiger charge is 2.36. The molecule has 0 radical (unpaired) electrons. The van der Waals surface area contributed by atoms with Crippen molar-refractivity contribution in [1.29, 1.82) is 0 Å². The normalized spacial score (nSPS) is 18.8. The maximum atomic E-state index is 5.47. The number of rotatable bonds is 5. The van der Waals surface area contributed by atoms with Crippen molar-refractivity contribution in [1.82, 2.24) is 10.2 Å². The summed E-state index contributed by atoms with van der Waals surface area (Å²) in [5.74, 6) is 0.896. The van der Waals surface area contributed by atoms with E-state index in [0.29, 0.717) is 0 Å². The summed E-state index contributed by atoms with van der Waals surface area (Å²) >= 11 is 0. The van der Waals surface area contributed by atoms with Crippen molar-refractivity contribution in [2.75, 3.05) is 40.5 Å². The number of nitrogens with zero attached hydrogens (tertiary/aromatic N) is 1. The van der Waals surface area contributed by atoms with E-state index in [9.17, 15) is 0 Å². The molecule has 1 unspecified atom stereocenters. The standard InChI is InChI=1S/C16H26N2O2/c1-16(2,18-9-11-20-12-10-18)15(17-3)13-5-7-14(19-4)8-6-13/h5-8,15,17H,9-12H2,1-4H3. The Morgan fingerprint density at radius 1 is 1.20 bits per heavy atom. The Morgan fingerprint density at radius 3 is 2.30 bits per heavy atom. The van der Waals surface area contributed by atoms with Crippen molar-refractivity contribution in [2.45, 2.75) is 25.4 Å². The molecule has 4 heteroatoms. The highest BCUT2D eigenvalue weighted by atomic mass is 16.5. The van der Waals surface area contributed by atoms with Gasteiger partial charge in [-0.1, -0.05) is 12.1 Å². The zero-order chi connectivity index (χ0) is 14.6. The number of likely N-dealkylation sites (N-methyl/N-ethyl adjacent to an activating group) is 1. The molecule has 1 aromatic carbocycles. The van der Waals surface area contributed by atoms with Gasteiger partial charge in [0.25, 0.3) is 0 Å². The Bertz CT molecular complexity index is 411. The Balaban J connectivity index is 2.20. The van der Waals surface area contributed by atoms with Gasteiger partial charge in [0.1, 0.15) is 5.75 Å². The lowest BCUT2D eigenvalue weighted by atomic mass is 9.86. The SMILES string of the molecule is CNC(c1ccc(OC)cc1)C(C)(C)N1CCOCC1. The molecule has 2 rings (SSSR count). The number of hydrogen-bond donors (Lipinski definition) is 1. The van der Waals surface area contributed by atoms with Crippen molar-refractivity contribution in [3.8, 4) is 5.75 Å². The van der Waals surface area contributed by atoms with Crippen molar-refractivity contribution in [3.05, 3.63) is 29.8 Å². The minimum Gasteiger partial charge on any atom is -0.497 e. The van der Waals surface area contributed by atoms with Crippen LogP contribution in [0.4, 0.5) is 0 Å². The number of hydrogen-bond acceptors (Lipinski definition) is 4. The fourth-order valence-electron chi connectivity index (χ4n) is 3.05. The van der Waals surface area contributed by atoms with Gasteiger partial charge in [-0.3, -0.25) is 4.90 Å². The smallest absolute Gasteiger partial charge is 0.118 e. The second-order valence-corrected chi connectivity index (χ2v) is 5.75. The lowest BCUT2D eigenvalue weighted by molar-refractivity contribution is -0.0229. The minimum absolute atomic E-state index is 0.0348. The zero-order valence-corrected chi connectivity index (χ0v) is 13.0. The number of nitrogens with one attached hydrogen (secondary N) is 1. The minimum atomic E-state index is 0.0348. The second kappa shape index (κ2) is 6.57. The first-order valence-corrected chi connectivity index (χ1v) is 7.23. The molecule has 1 saturated heterocycles. The zero-order valence-electron chi connectivity index (χ0n) is 13.0. The van der Waals surface area contributed by atoms with Crippen LogP contribution in [0.3, 0.4) is 0 Å². The quantitative estimate of drug-likeness (QED) is 0.894. The summed E-state index contributed by atoms with van der Waals surface area (Å²) < 4.78 is 10.7. The molecule has 1 N–H and O–H groups in total. The first-order valence-electron chi connectivity index (χ1n) is 7.23. The molecule has 20 heavy (non-hydrogen) atoms. The van der Waals surface area contributed by atoms with E-state index in [4.69, 9.17) is 9.47 Å². The van der Waals surface area contributed by atoms with E-state index in [2.05, 4.69) is 36.2 Å². The van der Waals surface area contributed by atoms with E-state index in [1.807, 2.05) is 19.2 Å². The summed E-state index contributed by atoms with van der Waals surface area (Å²) in [7, 11) is 3.72. The predicted molar refractivity (Wildman–Crippen MR) is 81.3 cm³/mol. The van der Waals surface area contributed by atoms with Gasteiger partial charge in [-0.25, -0.2) is 0 Å². The summed E-state index contributed by atoms with van der Waals surface area (Å²) in [5, 5.41) is 3.47. The third-order valence-corrected chi connectivity index (χ3v) is 4.27. The average Bonchev–Trinajstić information content (AvgIpc) is 2.49. The van der Waals surface area contributed by atoms with Gasteiger partial charge in [-0.15, -0.1) is 0 Å². The summed E-state index contributed by atoms with van der Waals surface area (Å²) in [4.78, 5) is 2.50. The Kier molecular flexibility index (Phi) is 5.02. The maximum Gasteiger partial charge on any atom is 0.118 e. The van der Waals surface area contributed by atoms with E-state index >= 15 is 0 Å². The van der Waals surface area contributed by atoms with Crippen LogP contribution in [0.15, 0.2) is 24.3 Å². The van der Waals surface area contributed by atoms with E-state index in [1.54, 1.807) is 7.11 Å². The first kappa shape index (κ1) is 15.3. The third kappa shape index (κ3) is 3.14. The summed E-state index contributed by atoms with van der Waals surface area (Å²) in [6.07, 6.45) is 0. The van der Waals surface area contributed by atoms with Crippen LogP contribution in [0, 0.1) is 0 Å². The van der Waals surface area contributed by atoms with Crippen LogP contribution >= 0.6 is 0 Å². The lowest BCUT2D eigenvalue weighted by Gasteiger charge is -2.46. The summed E-state index contributed by atoms with van der Waals surface area (Å²) in [6.45, 7) is 8.21. The lowest BCUT2D eigenvalue weighted by Crippen LogP contribution is -2.55. The second-order valence-electron chi connectivity index (χ2n) is 5.75. The molecule has 0 spiro atoms. The average molecular weight is 278 g/mol. The van der Waals surface area contributed by atoms with Crippen molar-refractivity contribution < 1.29 is 9.47 Å². The van der Waals surface area contributed by atoms with Crippen LogP contribution in [0.25, 0.3) is 0 Å². The molecule has 0 amide bonds. The molecule has 4 nitrogen and oxygen atoms in total. The Morgan fingerprint density at radius 2 is 1.80 bits per heavy atom. The molecule has 0 aromatic heterocycles. The van der Waals surface area contributed by atoms with Crippen molar-refractivity contribution in [3.63, 3.8) is 0 Å². The van der Waals surface area contributed by atoms with E-state index in [-0.39, 0.29) is 11.6 Å². The fourth-order valence-corrected chi connectivity index (χ4v) is 3.05. The Hall–Kier alpha value is -1.10. The highest BCUT2D eigenvalue weighted by molar-refractivity contribution is 5.30. The van der Waals surface area contributed by atoms with Crippen LogP contribution < -0.4 is 10.1 Å². The van der Waals surface area contributed by atoms with Crippen LogP contribution in [0.2, 0.25) is 0 Å². The molecule has 1 aliphatic heterocycles. The van der Waals surface area contributed by atoms with Crippen LogP contribution in [0.5, 0.6) is 5.75 Å². The maximum absolute atomic E-state index is 5.47. The van der Waals surface area contributed by atoms with Gasteiger partial charge in [0.2, 0.25) is 0 Å². The Labute approximate surface area is 122 Å². The van der Waals surface area contributed by atoms with Gasteiger partial charge in [0, 0.05) is 24.7 Å². The molecule has 112 valence electrons. The molecular weight excluding hydrogens is 252 g/mol. The largest absolute Gasteiger partial charge is 0.497 e. The molecule has 0 aliphatic carbocycles. The number of benzene rings is 1. The van der Waals surface area contributed by atoms with Crippen LogP contribution in [-0.4, -0.2) is 50.9 Å². The molecule has 0 bridgehead atoms. The summed E-state index contributed by atoms with van der Waals surface area (Å²) in [6, 6.07) is 8.60. The van der Waals surface area contributed by atoms with E-state index in [0.717, 1.165) is 32.1 Å². The molecule has 1 fully saturated rings. The number of ether oxygens (including phenoxy) is 2. The topological polar surface area (TPSA) is 33.7 Å². The van der Waals surface area contributed by atoms with Gasteiger partial charge in [0.05, 0.1) is 20.3 Å². The van der Waals surface area contributed by atoms with Crippen LogP contribution in [0.1, 0.15) is 25.5 Å². The third-order valence-electron chi connectivity index (χ3n) is 4.27. The molecule has 1 aromatic rings. The van der Waals surface area contributed by atoms with Crippen LogP contribution in [-0.2, 0) is 4.74 Å². The van der Waals surface area contributed by atoms with Gasteiger partial charge >= 0.3 is 0 Å². The number of morpholine rings is 1. The number of methoxy groups -OCH3 is 1. The van der Waals surface area contributed by atoms with E-state index < -0.39 is 0 Å².